The number of terminal acetylenes is 1. The number of hydrogen-bond donors (Lipinski definition) is 2. The van der Waals surface area contributed by atoms with Crippen molar-refractivity contribution in [2.24, 2.45) is 0 Å². The molecule has 0 radical (unpaired) electrons. The van der Waals surface area contributed by atoms with Gasteiger partial charge in [-0.25, -0.2) is 0 Å². The Morgan fingerprint density at radius 3 is 2.09 bits per heavy atom. The third kappa shape index (κ3) is 2.81. The molecule has 0 aromatic heterocycles. The number of nitrogens with one attached hydrogen (secondary N) is 2. The van der Waals surface area contributed by atoms with Gasteiger partial charge in [0.05, 0.1) is 11.4 Å². The topological polar surface area (TPSA) is 24.1 Å². The summed E-state index contributed by atoms with van der Waals surface area (Å²) in [7, 11) is 1.86. The Kier molecular flexibility index (Phi) is 4.76. The van der Waals surface area contributed by atoms with Crippen LogP contribution in [0.25, 0.3) is 0 Å². The lowest BCUT2D eigenvalue weighted by Crippen LogP contribution is -2.16. The highest BCUT2D eigenvalue weighted by molar-refractivity contribution is 5.28. The van der Waals surface area contributed by atoms with Crippen LogP contribution in [0, 0.1) is 12.5 Å². The van der Waals surface area contributed by atoms with E-state index in [2.05, 4.69) is 16.7 Å². The first kappa shape index (κ1) is 9.64. The van der Waals surface area contributed by atoms with Crippen LogP contribution in [0.1, 0.15) is 13.8 Å². The molecule has 0 rings (SSSR count). The molecule has 0 spiro atoms. The molecule has 0 fully saturated rings. The van der Waals surface area contributed by atoms with Crippen LogP contribution in [0.4, 0.5) is 0 Å². The first-order valence-electron chi connectivity index (χ1n) is 3.52. The van der Waals surface area contributed by atoms with Gasteiger partial charge >= 0.3 is 0 Å². The van der Waals surface area contributed by atoms with Gasteiger partial charge < -0.3 is 10.6 Å². The lowest BCUT2D eigenvalue weighted by Gasteiger charge is -2.08. The van der Waals surface area contributed by atoms with Crippen LogP contribution >= 0.6 is 0 Å². The fourth-order valence-corrected chi connectivity index (χ4v) is 0.807. The van der Waals surface area contributed by atoms with E-state index in [-0.39, 0.29) is 0 Å². The van der Waals surface area contributed by atoms with Crippen molar-refractivity contribution in [2.45, 2.75) is 13.8 Å². The average Bonchev–Trinajstić information content (AvgIpc) is 2.05. The van der Waals surface area contributed by atoms with Gasteiger partial charge in [-0.3, -0.25) is 0 Å². The van der Waals surface area contributed by atoms with Gasteiger partial charge in [-0.15, -0.1) is 0 Å². The van der Waals surface area contributed by atoms with Crippen LogP contribution in [0.15, 0.2) is 23.5 Å². The largest absolute Gasteiger partial charge is 0.387 e. The van der Waals surface area contributed by atoms with E-state index in [1.54, 1.807) is 0 Å². The van der Waals surface area contributed by atoms with Crippen LogP contribution in [-0.2, 0) is 0 Å². The fraction of sp³-hybridized carbons (Fsp3) is 0.333. The van der Waals surface area contributed by atoms with E-state index >= 15 is 0 Å². The predicted molar refractivity (Wildman–Crippen MR) is 48.5 cm³/mol. The monoisotopic (exact) mass is 150 g/mol. The average molecular weight is 150 g/mol. The van der Waals surface area contributed by atoms with Gasteiger partial charge in [0.1, 0.15) is 0 Å². The molecule has 0 aliphatic heterocycles. The standard InChI is InChI=1S/C9H14N2/c1-5-8(10-4)9(6-2)11-7-3/h3,5-6,10-11H,1-2,4H3/b8-5+,9-6+. The van der Waals surface area contributed by atoms with Crippen molar-refractivity contribution in [1.82, 2.24) is 10.6 Å². The molecule has 0 saturated heterocycles. The molecule has 0 bridgehead atoms. The van der Waals surface area contributed by atoms with Gasteiger partial charge in [-0.05, 0) is 13.8 Å². The molecule has 2 N–H and O–H groups in total. The molecule has 0 aromatic rings. The summed E-state index contributed by atoms with van der Waals surface area (Å²) in [6.07, 6.45) is 8.98. The van der Waals surface area contributed by atoms with Gasteiger partial charge in [0.15, 0.2) is 0 Å². The summed E-state index contributed by atoms with van der Waals surface area (Å²) in [6.45, 7) is 3.88. The Labute approximate surface area is 68.4 Å². The quantitative estimate of drug-likeness (QED) is 0.359. The number of hydrogen-bond acceptors (Lipinski definition) is 2. The molecule has 0 aliphatic rings. The maximum absolute atomic E-state index is 5.10. The van der Waals surface area contributed by atoms with Crippen molar-refractivity contribution >= 4 is 0 Å². The van der Waals surface area contributed by atoms with Crippen molar-refractivity contribution < 1.29 is 0 Å². The summed E-state index contributed by atoms with van der Waals surface area (Å²) >= 11 is 0. The highest BCUT2D eigenvalue weighted by Gasteiger charge is 1.96. The number of rotatable bonds is 3. The van der Waals surface area contributed by atoms with E-state index in [0.29, 0.717) is 0 Å². The summed E-state index contributed by atoms with van der Waals surface area (Å²) in [5.41, 5.74) is 1.93. The van der Waals surface area contributed by atoms with Crippen molar-refractivity contribution in [3.8, 4) is 12.5 Å². The molecule has 0 aliphatic carbocycles. The van der Waals surface area contributed by atoms with Crippen LogP contribution in [0.3, 0.4) is 0 Å². The van der Waals surface area contributed by atoms with E-state index in [1.807, 2.05) is 33.0 Å². The zero-order valence-electron chi connectivity index (χ0n) is 7.23. The minimum absolute atomic E-state index is 0.928. The first-order valence-corrected chi connectivity index (χ1v) is 3.52. The van der Waals surface area contributed by atoms with Gasteiger partial charge in [-0.1, -0.05) is 18.6 Å². The van der Waals surface area contributed by atoms with E-state index in [9.17, 15) is 0 Å². The molecule has 0 saturated carbocycles. The van der Waals surface area contributed by atoms with E-state index in [0.717, 1.165) is 11.4 Å². The SMILES string of the molecule is C#CNC(=C/C)/C(=C\C)NC. The molecule has 60 valence electrons. The van der Waals surface area contributed by atoms with E-state index < -0.39 is 0 Å². The number of likely N-dealkylation sites (N-methyl/N-ethyl adjacent to an activating group) is 1. The second kappa shape index (κ2) is 5.43. The van der Waals surface area contributed by atoms with Crippen molar-refractivity contribution in [1.29, 1.82) is 0 Å². The van der Waals surface area contributed by atoms with Crippen LogP contribution < -0.4 is 10.6 Å². The van der Waals surface area contributed by atoms with E-state index in [1.165, 1.54) is 0 Å². The molecule has 0 amide bonds. The summed E-state index contributed by atoms with van der Waals surface area (Å²) in [4.78, 5) is 0. The smallest absolute Gasteiger partial charge is 0.0644 e. The van der Waals surface area contributed by atoms with Crippen molar-refractivity contribution in [2.75, 3.05) is 7.05 Å². The zero-order chi connectivity index (χ0) is 8.69. The Morgan fingerprint density at radius 2 is 1.82 bits per heavy atom. The molecule has 0 atom stereocenters. The van der Waals surface area contributed by atoms with Crippen molar-refractivity contribution in [3.63, 3.8) is 0 Å². The lowest BCUT2D eigenvalue weighted by molar-refractivity contribution is 0.941. The fourth-order valence-electron chi connectivity index (χ4n) is 0.807. The minimum Gasteiger partial charge on any atom is -0.387 e. The molecule has 0 aromatic carbocycles. The molecule has 11 heavy (non-hydrogen) atoms. The van der Waals surface area contributed by atoms with Gasteiger partial charge in [0, 0.05) is 13.1 Å². The summed E-state index contributed by atoms with van der Waals surface area (Å²) in [5, 5.41) is 5.81. The van der Waals surface area contributed by atoms with Crippen LogP contribution in [0.2, 0.25) is 0 Å². The summed E-state index contributed by atoms with van der Waals surface area (Å²) in [5.74, 6) is 0. The highest BCUT2D eigenvalue weighted by atomic mass is 14.9. The molecular weight excluding hydrogens is 136 g/mol. The maximum Gasteiger partial charge on any atom is 0.0644 e. The minimum atomic E-state index is 0.928. The highest BCUT2D eigenvalue weighted by Crippen LogP contribution is 2.00. The Bertz CT molecular complexity index is 206. The van der Waals surface area contributed by atoms with Gasteiger partial charge in [0.25, 0.3) is 0 Å². The Hall–Kier alpha value is -1.36. The third-order valence-corrected chi connectivity index (χ3v) is 1.34. The number of allylic oxidation sites excluding steroid dienone is 2. The van der Waals surface area contributed by atoms with Gasteiger partial charge in [-0.2, -0.15) is 0 Å². The molecular formula is C9H14N2. The van der Waals surface area contributed by atoms with Crippen molar-refractivity contribution in [3.05, 3.63) is 23.5 Å². The van der Waals surface area contributed by atoms with E-state index in [4.69, 9.17) is 6.42 Å². The predicted octanol–water partition coefficient (Wildman–Crippen LogP) is 1.19. The first-order chi connectivity index (χ1) is 5.29. The summed E-state index contributed by atoms with van der Waals surface area (Å²) < 4.78 is 0. The van der Waals surface area contributed by atoms with Crippen LogP contribution in [0.5, 0.6) is 0 Å². The summed E-state index contributed by atoms with van der Waals surface area (Å²) in [6, 6.07) is 2.37. The third-order valence-electron chi connectivity index (χ3n) is 1.34. The van der Waals surface area contributed by atoms with Gasteiger partial charge in [0.2, 0.25) is 0 Å². The molecule has 2 nitrogen and oxygen atoms in total. The van der Waals surface area contributed by atoms with Crippen LogP contribution in [-0.4, -0.2) is 7.05 Å². The maximum atomic E-state index is 5.10. The second-order valence-corrected chi connectivity index (χ2v) is 1.92. The second-order valence-electron chi connectivity index (χ2n) is 1.92. The normalized spacial score (nSPS) is 12.2. The molecule has 2 heteroatoms. The Balaban J connectivity index is 4.40. The molecule has 0 heterocycles. The Morgan fingerprint density at radius 1 is 1.27 bits per heavy atom. The zero-order valence-corrected chi connectivity index (χ0v) is 7.23. The lowest BCUT2D eigenvalue weighted by atomic mass is 10.3. The molecule has 0 unspecified atom stereocenters.